The van der Waals surface area contributed by atoms with Crippen molar-refractivity contribution in [1.82, 2.24) is 5.32 Å². The van der Waals surface area contributed by atoms with E-state index in [9.17, 15) is 9.90 Å². The second-order valence-electron chi connectivity index (χ2n) is 4.41. The number of amides is 2. The van der Waals surface area contributed by atoms with Crippen LogP contribution in [0, 0.1) is 0 Å². The highest BCUT2D eigenvalue weighted by Crippen LogP contribution is 2.23. The number of carbonyl (C=O) groups excluding carboxylic acids is 1. The van der Waals surface area contributed by atoms with Gasteiger partial charge in [0.25, 0.3) is 0 Å². The smallest absolute Gasteiger partial charge is 0.318 e. The maximum atomic E-state index is 11.2. The quantitative estimate of drug-likeness (QED) is 0.699. The van der Waals surface area contributed by atoms with E-state index < -0.39 is 0 Å². The molecule has 2 aromatic carbocycles. The normalized spacial score (nSPS) is 10.0. The van der Waals surface area contributed by atoms with Crippen LogP contribution in [0.25, 0.3) is 0 Å². The first-order valence-electron chi connectivity index (χ1n) is 6.38. The molecule has 0 spiro atoms. The molecule has 0 aliphatic carbocycles. The minimum atomic E-state index is -0.264. The highest BCUT2D eigenvalue weighted by Gasteiger charge is 2.03. The number of anilines is 2. The van der Waals surface area contributed by atoms with E-state index in [-0.39, 0.29) is 11.8 Å². The van der Waals surface area contributed by atoms with Gasteiger partial charge in [-0.2, -0.15) is 0 Å². The molecule has 0 heterocycles. The third-order valence-electron chi connectivity index (χ3n) is 2.89. The molecule has 2 rings (SSSR count). The number of benzene rings is 2. The summed E-state index contributed by atoms with van der Waals surface area (Å²) in [5.41, 5.74) is 2.29. The molecule has 0 atom stereocenters. The van der Waals surface area contributed by atoms with Crippen molar-refractivity contribution < 1.29 is 9.90 Å². The van der Waals surface area contributed by atoms with E-state index in [1.54, 1.807) is 37.4 Å². The molecule has 0 saturated carbocycles. The molecule has 0 radical (unpaired) electrons. The lowest BCUT2D eigenvalue weighted by Gasteiger charge is -2.10. The second kappa shape index (κ2) is 6.85. The maximum absolute atomic E-state index is 11.2. The molecule has 4 N–H and O–H groups in total. The first kappa shape index (κ1) is 15.0. The number of hydrogen-bond donors (Lipinski definition) is 4. The lowest BCUT2D eigenvalue weighted by Crippen LogP contribution is -2.24. The van der Waals surface area contributed by atoms with Crippen molar-refractivity contribution in [2.45, 2.75) is 6.54 Å². The third kappa shape index (κ3) is 4.29. The predicted octanol–water partition coefficient (Wildman–Crippen LogP) is 3.41. The molecule has 0 unspecified atom stereocenters. The molecule has 2 amide bonds. The van der Waals surface area contributed by atoms with Crippen molar-refractivity contribution in [2.75, 3.05) is 17.7 Å². The number of phenols is 1. The van der Waals surface area contributed by atoms with Crippen LogP contribution in [0.1, 0.15) is 5.56 Å². The number of aromatic hydroxyl groups is 1. The predicted molar refractivity (Wildman–Crippen MR) is 85.0 cm³/mol. The van der Waals surface area contributed by atoms with E-state index in [1.807, 2.05) is 12.1 Å². The summed E-state index contributed by atoms with van der Waals surface area (Å²) in [4.78, 5) is 11.2. The van der Waals surface area contributed by atoms with Crippen LogP contribution in [-0.4, -0.2) is 18.2 Å². The fourth-order valence-electron chi connectivity index (χ4n) is 1.76. The lowest BCUT2D eigenvalue weighted by molar-refractivity contribution is 0.254. The number of rotatable bonds is 4. The van der Waals surface area contributed by atoms with Gasteiger partial charge in [0, 0.05) is 35.6 Å². The summed E-state index contributed by atoms with van der Waals surface area (Å²) in [7, 11) is 1.56. The van der Waals surface area contributed by atoms with Gasteiger partial charge in [-0.05, 0) is 42.5 Å². The molecule has 0 fully saturated rings. The minimum absolute atomic E-state index is 0.199. The first-order valence-corrected chi connectivity index (χ1v) is 6.76. The van der Waals surface area contributed by atoms with Crippen molar-refractivity contribution in [3.63, 3.8) is 0 Å². The Labute approximate surface area is 127 Å². The Bertz CT molecular complexity index is 629. The molecule has 0 saturated heterocycles. The van der Waals surface area contributed by atoms with Crippen LogP contribution in [0.2, 0.25) is 5.02 Å². The molecular weight excluding hydrogens is 290 g/mol. The zero-order chi connectivity index (χ0) is 15.2. The Hall–Kier alpha value is -2.40. The van der Waals surface area contributed by atoms with Crippen LogP contribution in [0.15, 0.2) is 42.5 Å². The summed E-state index contributed by atoms with van der Waals surface area (Å²) in [5, 5.41) is 18.6. The maximum Gasteiger partial charge on any atom is 0.318 e. The fourth-order valence-corrected chi connectivity index (χ4v) is 1.95. The van der Waals surface area contributed by atoms with E-state index in [1.165, 1.54) is 0 Å². The van der Waals surface area contributed by atoms with Crippen molar-refractivity contribution in [2.24, 2.45) is 0 Å². The molecule has 6 heteroatoms. The highest BCUT2D eigenvalue weighted by molar-refractivity contribution is 6.30. The van der Waals surface area contributed by atoms with Crippen molar-refractivity contribution in [3.8, 4) is 5.75 Å². The van der Waals surface area contributed by atoms with Gasteiger partial charge in [-0.25, -0.2) is 4.79 Å². The van der Waals surface area contributed by atoms with Crippen LogP contribution in [0.5, 0.6) is 5.75 Å². The van der Waals surface area contributed by atoms with Crippen LogP contribution in [0.3, 0.4) is 0 Å². The summed E-state index contributed by atoms with van der Waals surface area (Å²) in [5.74, 6) is 0.199. The number of halogens is 1. The molecule has 21 heavy (non-hydrogen) atoms. The highest BCUT2D eigenvalue weighted by atomic mass is 35.5. The largest absolute Gasteiger partial charge is 0.508 e. The van der Waals surface area contributed by atoms with Crippen LogP contribution < -0.4 is 16.0 Å². The molecule has 0 aromatic heterocycles. The van der Waals surface area contributed by atoms with Crippen LogP contribution >= 0.6 is 11.6 Å². The topological polar surface area (TPSA) is 73.4 Å². The van der Waals surface area contributed by atoms with Crippen LogP contribution in [0.4, 0.5) is 16.2 Å². The van der Waals surface area contributed by atoms with Gasteiger partial charge in [0.1, 0.15) is 5.75 Å². The average molecular weight is 306 g/mol. The van der Waals surface area contributed by atoms with Crippen LogP contribution in [-0.2, 0) is 6.54 Å². The Kier molecular flexibility index (Phi) is 4.90. The lowest BCUT2D eigenvalue weighted by atomic mass is 10.2. The summed E-state index contributed by atoms with van der Waals surface area (Å²) >= 11 is 5.90. The summed E-state index contributed by atoms with van der Waals surface area (Å²) in [6.45, 7) is 0.453. The monoisotopic (exact) mass is 305 g/mol. The molecule has 2 aromatic rings. The first-order chi connectivity index (χ1) is 10.1. The van der Waals surface area contributed by atoms with Gasteiger partial charge in [-0.1, -0.05) is 11.6 Å². The van der Waals surface area contributed by atoms with E-state index in [4.69, 9.17) is 11.6 Å². The standard InChI is InChI=1S/C15H16ClN3O2/c1-17-15(21)19-13-5-3-12(4-6-13)18-9-10-8-11(16)2-7-14(10)20/h2-8,18,20H,9H2,1H3,(H2,17,19,21). The Morgan fingerprint density at radius 1 is 1.14 bits per heavy atom. The zero-order valence-corrected chi connectivity index (χ0v) is 12.2. The van der Waals surface area contributed by atoms with Gasteiger partial charge in [-0.15, -0.1) is 0 Å². The number of nitrogens with one attached hydrogen (secondary N) is 3. The van der Waals surface area contributed by atoms with Gasteiger partial charge in [0.05, 0.1) is 0 Å². The molecule has 0 aliphatic rings. The van der Waals surface area contributed by atoms with Gasteiger partial charge in [0.2, 0.25) is 0 Å². The van der Waals surface area contributed by atoms with Crippen molar-refractivity contribution in [3.05, 3.63) is 53.1 Å². The fraction of sp³-hybridized carbons (Fsp3) is 0.133. The van der Waals surface area contributed by atoms with Gasteiger partial charge >= 0.3 is 6.03 Å². The number of phenolic OH excluding ortho intramolecular Hbond substituents is 1. The summed E-state index contributed by atoms with van der Waals surface area (Å²) in [6, 6.07) is 11.9. The van der Waals surface area contributed by atoms with Gasteiger partial charge < -0.3 is 21.1 Å². The molecule has 110 valence electrons. The Morgan fingerprint density at radius 3 is 2.48 bits per heavy atom. The minimum Gasteiger partial charge on any atom is -0.508 e. The van der Waals surface area contributed by atoms with E-state index in [0.29, 0.717) is 17.3 Å². The zero-order valence-electron chi connectivity index (χ0n) is 11.5. The Morgan fingerprint density at radius 2 is 1.81 bits per heavy atom. The number of urea groups is 1. The van der Waals surface area contributed by atoms with E-state index in [2.05, 4.69) is 16.0 Å². The number of hydrogen-bond acceptors (Lipinski definition) is 3. The van der Waals surface area contributed by atoms with E-state index in [0.717, 1.165) is 11.3 Å². The Balaban J connectivity index is 1.97. The van der Waals surface area contributed by atoms with E-state index >= 15 is 0 Å². The SMILES string of the molecule is CNC(=O)Nc1ccc(NCc2cc(Cl)ccc2O)cc1. The van der Waals surface area contributed by atoms with Crippen molar-refractivity contribution in [1.29, 1.82) is 0 Å². The summed E-state index contributed by atoms with van der Waals surface area (Å²) < 4.78 is 0. The third-order valence-corrected chi connectivity index (χ3v) is 3.13. The molecule has 0 aliphatic heterocycles. The molecule has 0 bridgehead atoms. The molecule has 5 nitrogen and oxygen atoms in total. The van der Waals surface area contributed by atoms with Gasteiger partial charge in [-0.3, -0.25) is 0 Å². The van der Waals surface area contributed by atoms with Crippen molar-refractivity contribution >= 4 is 29.0 Å². The molecular formula is C15H16ClN3O2. The average Bonchev–Trinajstić information content (AvgIpc) is 2.49. The van der Waals surface area contributed by atoms with Gasteiger partial charge in [0.15, 0.2) is 0 Å². The summed E-state index contributed by atoms with van der Waals surface area (Å²) in [6.07, 6.45) is 0. The second-order valence-corrected chi connectivity index (χ2v) is 4.84. The number of carbonyl (C=O) groups is 1.